The first kappa shape index (κ1) is 16.1. The van der Waals surface area contributed by atoms with Gasteiger partial charge in [-0.05, 0) is 36.4 Å². The molecule has 2 aromatic heterocycles. The van der Waals surface area contributed by atoms with Gasteiger partial charge >= 0.3 is 0 Å². The van der Waals surface area contributed by atoms with E-state index in [1.807, 2.05) is 24.3 Å². The van der Waals surface area contributed by atoms with Crippen LogP contribution in [0.3, 0.4) is 0 Å². The van der Waals surface area contributed by atoms with E-state index in [-0.39, 0.29) is 18.2 Å². The van der Waals surface area contributed by atoms with Gasteiger partial charge in [-0.15, -0.1) is 0 Å². The first-order valence-electron chi connectivity index (χ1n) is 8.19. The summed E-state index contributed by atoms with van der Waals surface area (Å²) in [5, 5.41) is 4.59. The maximum Gasteiger partial charge on any atom is 0.128 e. The number of halogens is 2. The number of hydrogen-bond donors (Lipinski definition) is 0. The van der Waals surface area contributed by atoms with E-state index in [2.05, 4.69) is 10.1 Å². The van der Waals surface area contributed by atoms with Gasteiger partial charge in [0, 0.05) is 17.3 Å². The van der Waals surface area contributed by atoms with Crippen molar-refractivity contribution >= 4 is 0 Å². The zero-order valence-electron chi connectivity index (χ0n) is 13.8. The van der Waals surface area contributed by atoms with Gasteiger partial charge in [-0.3, -0.25) is 9.67 Å². The van der Waals surface area contributed by atoms with Crippen LogP contribution >= 0.6 is 0 Å². The summed E-state index contributed by atoms with van der Waals surface area (Å²) in [4.78, 5) is 4.32. The van der Waals surface area contributed by atoms with Gasteiger partial charge in [-0.1, -0.05) is 36.4 Å². The van der Waals surface area contributed by atoms with Crippen LogP contribution in [0.15, 0.2) is 79.0 Å². The fourth-order valence-electron chi connectivity index (χ4n) is 2.84. The standard InChI is InChI=1S/C21H15F2N3/c22-17-8-5-7-15(12-17)21-13-20(19-10-3-4-11-24-19)25-26(21)14-16-6-1-2-9-18(16)23/h1-13H,14H2. The Labute approximate surface area is 149 Å². The SMILES string of the molecule is Fc1cccc(-c2cc(-c3ccccn3)nn2Cc2ccccc2F)c1. The van der Waals surface area contributed by atoms with Crippen LogP contribution in [0, 0.1) is 11.6 Å². The summed E-state index contributed by atoms with van der Waals surface area (Å²) in [6.07, 6.45) is 1.69. The smallest absolute Gasteiger partial charge is 0.128 e. The van der Waals surface area contributed by atoms with E-state index in [9.17, 15) is 8.78 Å². The molecule has 0 aliphatic carbocycles. The highest BCUT2D eigenvalue weighted by Gasteiger charge is 2.14. The van der Waals surface area contributed by atoms with Crippen LogP contribution in [-0.2, 0) is 6.54 Å². The molecule has 2 aromatic carbocycles. The molecule has 26 heavy (non-hydrogen) atoms. The van der Waals surface area contributed by atoms with Crippen LogP contribution in [0.4, 0.5) is 8.78 Å². The van der Waals surface area contributed by atoms with E-state index < -0.39 is 0 Å². The van der Waals surface area contributed by atoms with Crippen LogP contribution in [0.1, 0.15) is 5.56 Å². The molecule has 0 N–H and O–H groups in total. The van der Waals surface area contributed by atoms with Crippen LogP contribution in [0.2, 0.25) is 0 Å². The fraction of sp³-hybridized carbons (Fsp3) is 0.0476. The van der Waals surface area contributed by atoms with Crippen molar-refractivity contribution in [3.63, 3.8) is 0 Å². The van der Waals surface area contributed by atoms with E-state index in [0.29, 0.717) is 28.2 Å². The minimum atomic E-state index is -0.333. The average molecular weight is 347 g/mol. The van der Waals surface area contributed by atoms with Crippen LogP contribution in [-0.4, -0.2) is 14.8 Å². The minimum absolute atomic E-state index is 0.241. The van der Waals surface area contributed by atoms with Crippen LogP contribution in [0.25, 0.3) is 22.6 Å². The minimum Gasteiger partial charge on any atom is -0.260 e. The lowest BCUT2D eigenvalue weighted by molar-refractivity contribution is 0.587. The third-order valence-electron chi connectivity index (χ3n) is 4.11. The Balaban J connectivity index is 1.83. The van der Waals surface area contributed by atoms with E-state index in [4.69, 9.17) is 0 Å². The topological polar surface area (TPSA) is 30.7 Å². The Morgan fingerprint density at radius 2 is 1.65 bits per heavy atom. The lowest BCUT2D eigenvalue weighted by atomic mass is 10.1. The highest BCUT2D eigenvalue weighted by atomic mass is 19.1. The molecule has 0 saturated carbocycles. The maximum atomic E-state index is 14.1. The summed E-state index contributed by atoms with van der Waals surface area (Å²) in [5.41, 5.74) is 3.25. The molecule has 0 fully saturated rings. The van der Waals surface area contributed by atoms with Crippen molar-refractivity contribution in [1.82, 2.24) is 14.8 Å². The summed E-state index contributed by atoms with van der Waals surface area (Å²) >= 11 is 0. The number of hydrogen-bond acceptors (Lipinski definition) is 2. The van der Waals surface area contributed by atoms with Crippen molar-refractivity contribution < 1.29 is 8.78 Å². The van der Waals surface area contributed by atoms with E-state index >= 15 is 0 Å². The number of rotatable bonds is 4. The molecule has 4 aromatic rings. The zero-order chi connectivity index (χ0) is 17.9. The molecular weight excluding hydrogens is 332 g/mol. The number of pyridine rings is 1. The summed E-state index contributed by atoms with van der Waals surface area (Å²) < 4.78 is 29.5. The van der Waals surface area contributed by atoms with Gasteiger partial charge in [0.1, 0.15) is 17.3 Å². The summed E-state index contributed by atoms with van der Waals surface area (Å²) in [6.45, 7) is 0.241. The Hall–Kier alpha value is -3.34. The maximum absolute atomic E-state index is 14.1. The van der Waals surface area contributed by atoms with Gasteiger partial charge in [0.15, 0.2) is 0 Å². The lowest BCUT2D eigenvalue weighted by Gasteiger charge is -2.08. The first-order valence-corrected chi connectivity index (χ1v) is 8.19. The second-order valence-electron chi connectivity index (χ2n) is 5.89. The highest BCUT2D eigenvalue weighted by molar-refractivity contribution is 5.67. The fourth-order valence-corrected chi connectivity index (χ4v) is 2.84. The van der Waals surface area contributed by atoms with Crippen molar-refractivity contribution in [3.8, 4) is 22.6 Å². The molecule has 4 rings (SSSR count). The van der Waals surface area contributed by atoms with Crippen molar-refractivity contribution in [2.24, 2.45) is 0 Å². The summed E-state index contributed by atoms with van der Waals surface area (Å²) in [5.74, 6) is -0.631. The van der Waals surface area contributed by atoms with Crippen LogP contribution < -0.4 is 0 Å². The monoisotopic (exact) mass is 347 g/mol. The number of nitrogens with zero attached hydrogens (tertiary/aromatic N) is 3. The predicted molar refractivity (Wildman–Crippen MR) is 96.4 cm³/mol. The van der Waals surface area contributed by atoms with Gasteiger partial charge < -0.3 is 0 Å². The molecule has 5 heteroatoms. The third kappa shape index (κ3) is 3.24. The zero-order valence-corrected chi connectivity index (χ0v) is 13.8. The van der Waals surface area contributed by atoms with E-state index in [1.54, 1.807) is 41.2 Å². The molecule has 0 aliphatic heterocycles. The predicted octanol–water partition coefficient (Wildman–Crippen LogP) is 4.94. The summed E-state index contributed by atoms with van der Waals surface area (Å²) in [6, 6.07) is 20.2. The van der Waals surface area contributed by atoms with Crippen molar-refractivity contribution in [2.75, 3.05) is 0 Å². The van der Waals surface area contributed by atoms with Gasteiger partial charge in [0.05, 0.1) is 17.9 Å². The van der Waals surface area contributed by atoms with E-state index in [1.165, 1.54) is 18.2 Å². The molecule has 0 radical (unpaired) electrons. The number of aromatic nitrogens is 3. The Bertz CT molecular complexity index is 1040. The van der Waals surface area contributed by atoms with E-state index in [0.717, 1.165) is 0 Å². The molecule has 0 unspecified atom stereocenters. The van der Waals surface area contributed by atoms with Gasteiger partial charge in [0.2, 0.25) is 0 Å². The van der Waals surface area contributed by atoms with Crippen molar-refractivity contribution in [1.29, 1.82) is 0 Å². The molecule has 3 nitrogen and oxygen atoms in total. The Kier molecular flexibility index (Phi) is 4.27. The quantitative estimate of drug-likeness (QED) is 0.524. The third-order valence-corrected chi connectivity index (χ3v) is 4.11. The molecule has 0 atom stereocenters. The first-order chi connectivity index (χ1) is 12.7. The number of benzene rings is 2. The van der Waals surface area contributed by atoms with Gasteiger partial charge in [0.25, 0.3) is 0 Å². The molecular formula is C21H15F2N3. The molecule has 128 valence electrons. The normalized spacial score (nSPS) is 10.8. The second kappa shape index (κ2) is 6.88. The van der Waals surface area contributed by atoms with Crippen LogP contribution in [0.5, 0.6) is 0 Å². The Morgan fingerprint density at radius 1 is 0.808 bits per heavy atom. The Morgan fingerprint density at radius 3 is 2.42 bits per heavy atom. The lowest BCUT2D eigenvalue weighted by Crippen LogP contribution is -2.05. The molecule has 0 bridgehead atoms. The largest absolute Gasteiger partial charge is 0.260 e. The molecule has 0 aliphatic rings. The summed E-state index contributed by atoms with van der Waals surface area (Å²) in [7, 11) is 0. The molecule has 0 spiro atoms. The highest BCUT2D eigenvalue weighted by Crippen LogP contribution is 2.26. The molecule has 0 amide bonds. The van der Waals surface area contributed by atoms with Crippen molar-refractivity contribution in [2.45, 2.75) is 6.54 Å². The van der Waals surface area contributed by atoms with Gasteiger partial charge in [-0.25, -0.2) is 8.78 Å². The average Bonchev–Trinajstić information content (AvgIpc) is 3.08. The van der Waals surface area contributed by atoms with Crippen molar-refractivity contribution in [3.05, 3.63) is 96.2 Å². The van der Waals surface area contributed by atoms with Gasteiger partial charge in [-0.2, -0.15) is 5.10 Å². The second-order valence-corrected chi connectivity index (χ2v) is 5.89. The molecule has 0 saturated heterocycles. The molecule has 2 heterocycles.